The van der Waals surface area contributed by atoms with Crippen molar-refractivity contribution < 1.29 is 14.3 Å². The minimum Gasteiger partial charge on any atom is -0.385 e. The number of aromatic nitrogens is 1. The van der Waals surface area contributed by atoms with Gasteiger partial charge in [-0.2, -0.15) is 0 Å². The quantitative estimate of drug-likeness (QED) is 0.703. The van der Waals surface area contributed by atoms with Gasteiger partial charge in [-0.1, -0.05) is 0 Å². The zero-order chi connectivity index (χ0) is 20.2. The highest BCUT2D eigenvalue weighted by Crippen LogP contribution is 2.41. The summed E-state index contributed by atoms with van der Waals surface area (Å²) in [6.45, 7) is 4.41. The summed E-state index contributed by atoms with van der Waals surface area (Å²) < 4.78 is 5.22. The van der Waals surface area contributed by atoms with E-state index in [1.165, 1.54) is 0 Å². The number of hydrogen-bond acceptors (Lipinski definition) is 5. The molecule has 2 bridgehead atoms. The van der Waals surface area contributed by atoms with Crippen LogP contribution in [0, 0.1) is 11.8 Å². The van der Waals surface area contributed by atoms with E-state index in [0.717, 1.165) is 51.9 Å². The van der Waals surface area contributed by atoms with E-state index < -0.39 is 0 Å². The van der Waals surface area contributed by atoms with Crippen molar-refractivity contribution >= 4 is 11.8 Å². The lowest BCUT2D eigenvalue weighted by atomic mass is 9.72. The number of likely N-dealkylation sites (tertiary alicyclic amines) is 1. The van der Waals surface area contributed by atoms with Crippen LogP contribution in [0.5, 0.6) is 0 Å². The largest absolute Gasteiger partial charge is 0.385 e. The highest BCUT2D eigenvalue weighted by Gasteiger charge is 2.49. The molecule has 3 aliphatic heterocycles. The predicted octanol–water partition coefficient (Wildman–Crippen LogP) is 1.55. The van der Waals surface area contributed by atoms with E-state index in [0.29, 0.717) is 36.4 Å². The van der Waals surface area contributed by atoms with Crippen molar-refractivity contribution in [3.05, 3.63) is 30.1 Å². The van der Waals surface area contributed by atoms with Crippen LogP contribution in [0.1, 0.15) is 42.5 Å². The molecular weight excluding hydrogens is 368 g/mol. The highest BCUT2D eigenvalue weighted by molar-refractivity contribution is 5.94. The standard InChI is InChI=1S/C22H32N4O3/c1-29-11-3-10-25-14-17-12-18(15-25)20(26-19(17)4-2-5-21(26)27)13-24-22(28)16-6-8-23-9-7-16/h6-9,17-20H,2-5,10-15H2,1H3,(H,24,28)/t17-,18-,19-,20-/m0/s1. The van der Waals surface area contributed by atoms with Crippen molar-refractivity contribution in [2.75, 3.05) is 39.9 Å². The van der Waals surface area contributed by atoms with Gasteiger partial charge in [0.05, 0.1) is 6.04 Å². The van der Waals surface area contributed by atoms with Crippen molar-refractivity contribution in [3.63, 3.8) is 0 Å². The maximum absolute atomic E-state index is 12.9. The fourth-order valence-electron chi connectivity index (χ4n) is 5.55. The minimum atomic E-state index is -0.0942. The lowest BCUT2D eigenvalue weighted by Gasteiger charge is -2.56. The van der Waals surface area contributed by atoms with Crippen LogP contribution in [-0.2, 0) is 9.53 Å². The summed E-state index contributed by atoms with van der Waals surface area (Å²) in [5.74, 6) is 1.13. The summed E-state index contributed by atoms with van der Waals surface area (Å²) in [6, 6.07) is 3.85. The molecule has 158 valence electrons. The van der Waals surface area contributed by atoms with Gasteiger partial charge in [-0.05, 0) is 49.7 Å². The molecule has 3 aliphatic rings. The fourth-order valence-corrected chi connectivity index (χ4v) is 5.55. The molecule has 4 rings (SSSR count). The molecule has 0 unspecified atom stereocenters. The average molecular weight is 401 g/mol. The number of carbonyl (C=O) groups is 2. The number of ether oxygens (including phenoxy) is 1. The van der Waals surface area contributed by atoms with E-state index in [9.17, 15) is 9.59 Å². The number of amides is 2. The molecule has 2 amide bonds. The van der Waals surface area contributed by atoms with E-state index in [1.807, 2.05) is 0 Å². The third kappa shape index (κ3) is 4.46. The number of nitrogens with one attached hydrogen (secondary N) is 1. The molecule has 0 saturated carbocycles. The topological polar surface area (TPSA) is 74.8 Å². The number of fused-ring (bicyclic) bond motifs is 4. The zero-order valence-corrected chi connectivity index (χ0v) is 17.3. The van der Waals surface area contributed by atoms with Gasteiger partial charge in [0.15, 0.2) is 0 Å². The number of piperidine rings is 3. The number of pyridine rings is 1. The van der Waals surface area contributed by atoms with Crippen LogP contribution >= 0.6 is 0 Å². The van der Waals surface area contributed by atoms with Crippen LogP contribution in [0.2, 0.25) is 0 Å². The second kappa shape index (κ2) is 9.22. The number of methoxy groups -OCH3 is 1. The average Bonchev–Trinajstić information content (AvgIpc) is 2.75. The molecule has 4 atom stereocenters. The van der Waals surface area contributed by atoms with Crippen LogP contribution in [0.25, 0.3) is 0 Å². The molecule has 3 fully saturated rings. The van der Waals surface area contributed by atoms with Gasteiger partial charge >= 0.3 is 0 Å². The van der Waals surface area contributed by atoms with Crippen LogP contribution in [-0.4, -0.2) is 78.6 Å². The first-order chi connectivity index (χ1) is 14.2. The minimum absolute atomic E-state index is 0.0834. The Kier molecular flexibility index (Phi) is 6.45. The van der Waals surface area contributed by atoms with Gasteiger partial charge in [0, 0.05) is 70.3 Å². The Morgan fingerprint density at radius 2 is 2.07 bits per heavy atom. The van der Waals surface area contributed by atoms with E-state index in [4.69, 9.17) is 4.74 Å². The zero-order valence-electron chi connectivity index (χ0n) is 17.3. The third-order valence-corrected chi connectivity index (χ3v) is 6.81. The molecule has 3 saturated heterocycles. The number of hydrogen-bond donors (Lipinski definition) is 1. The second-order valence-electron chi connectivity index (χ2n) is 8.64. The van der Waals surface area contributed by atoms with Crippen molar-refractivity contribution in [1.82, 2.24) is 20.1 Å². The predicted molar refractivity (Wildman–Crippen MR) is 109 cm³/mol. The Hall–Kier alpha value is -1.99. The van der Waals surface area contributed by atoms with Gasteiger partial charge < -0.3 is 19.9 Å². The number of nitrogens with zero attached hydrogens (tertiary/aromatic N) is 3. The molecule has 0 aliphatic carbocycles. The molecule has 0 spiro atoms. The Balaban J connectivity index is 1.47. The van der Waals surface area contributed by atoms with Gasteiger partial charge in [-0.15, -0.1) is 0 Å². The van der Waals surface area contributed by atoms with Crippen molar-refractivity contribution in [3.8, 4) is 0 Å². The Morgan fingerprint density at radius 3 is 2.86 bits per heavy atom. The summed E-state index contributed by atoms with van der Waals surface area (Å²) >= 11 is 0. The van der Waals surface area contributed by atoms with Gasteiger partial charge in [-0.25, -0.2) is 0 Å². The van der Waals surface area contributed by atoms with Gasteiger partial charge in [0.25, 0.3) is 5.91 Å². The smallest absolute Gasteiger partial charge is 0.251 e. The highest BCUT2D eigenvalue weighted by atomic mass is 16.5. The summed E-state index contributed by atoms with van der Waals surface area (Å²) in [4.78, 5) is 34.1. The van der Waals surface area contributed by atoms with E-state index in [2.05, 4.69) is 20.1 Å². The summed E-state index contributed by atoms with van der Waals surface area (Å²) in [7, 11) is 1.75. The Bertz CT molecular complexity index is 713. The summed E-state index contributed by atoms with van der Waals surface area (Å²) in [5, 5.41) is 3.09. The molecule has 7 nitrogen and oxygen atoms in total. The number of carbonyl (C=O) groups excluding carboxylic acids is 2. The molecule has 0 radical (unpaired) electrons. The van der Waals surface area contributed by atoms with Crippen LogP contribution < -0.4 is 5.32 Å². The molecular formula is C22H32N4O3. The normalized spacial score (nSPS) is 29.4. The van der Waals surface area contributed by atoms with Gasteiger partial charge in [0.1, 0.15) is 0 Å². The van der Waals surface area contributed by atoms with Crippen LogP contribution in [0.3, 0.4) is 0 Å². The summed E-state index contributed by atoms with van der Waals surface area (Å²) in [6.07, 6.45) is 8.16. The van der Waals surface area contributed by atoms with Crippen LogP contribution in [0.15, 0.2) is 24.5 Å². The van der Waals surface area contributed by atoms with E-state index in [-0.39, 0.29) is 17.9 Å². The van der Waals surface area contributed by atoms with Crippen molar-refractivity contribution in [1.29, 1.82) is 0 Å². The lowest BCUT2D eigenvalue weighted by Crippen LogP contribution is -2.67. The van der Waals surface area contributed by atoms with Crippen LogP contribution in [0.4, 0.5) is 0 Å². The monoisotopic (exact) mass is 400 g/mol. The maximum atomic E-state index is 12.9. The first-order valence-electron chi connectivity index (χ1n) is 10.9. The summed E-state index contributed by atoms with van der Waals surface area (Å²) in [5.41, 5.74) is 0.611. The Labute approximate surface area is 172 Å². The van der Waals surface area contributed by atoms with Gasteiger partial charge in [0.2, 0.25) is 5.91 Å². The molecule has 4 heterocycles. The second-order valence-corrected chi connectivity index (χ2v) is 8.64. The van der Waals surface area contributed by atoms with Gasteiger partial charge in [-0.3, -0.25) is 14.6 Å². The first-order valence-corrected chi connectivity index (χ1v) is 10.9. The fraction of sp³-hybridized carbons (Fsp3) is 0.682. The molecule has 0 aromatic carbocycles. The van der Waals surface area contributed by atoms with Crippen molar-refractivity contribution in [2.45, 2.75) is 44.2 Å². The maximum Gasteiger partial charge on any atom is 0.251 e. The van der Waals surface area contributed by atoms with E-state index >= 15 is 0 Å². The molecule has 1 aromatic rings. The molecule has 7 heteroatoms. The van der Waals surface area contributed by atoms with E-state index in [1.54, 1.807) is 31.6 Å². The molecule has 1 aromatic heterocycles. The lowest BCUT2D eigenvalue weighted by molar-refractivity contribution is -0.152. The third-order valence-electron chi connectivity index (χ3n) is 6.81. The first kappa shape index (κ1) is 20.3. The number of rotatable bonds is 7. The van der Waals surface area contributed by atoms with Crippen molar-refractivity contribution in [2.24, 2.45) is 11.8 Å². The Morgan fingerprint density at radius 1 is 1.28 bits per heavy atom. The molecule has 1 N–H and O–H groups in total. The SMILES string of the molecule is COCCCN1C[C@@H]2C[C@@H](C1)[C@H](CNC(=O)c1ccncc1)N1C(=O)CCC[C@@H]21. The molecule has 29 heavy (non-hydrogen) atoms.